The molecule has 3 unspecified atom stereocenters. The summed E-state index contributed by atoms with van der Waals surface area (Å²) in [6.45, 7) is 11.1. The minimum Gasteiger partial charge on any atom is -0.463 e. The molecule has 1 rings (SSSR count). The second-order valence-electron chi connectivity index (χ2n) is 13.7. The zero-order valence-electron chi connectivity index (χ0n) is 29.8. The molecule has 47 heavy (non-hydrogen) atoms. The maximum atomic E-state index is 13.5. The van der Waals surface area contributed by atoms with Gasteiger partial charge in [-0.3, -0.25) is 19.2 Å². The van der Waals surface area contributed by atoms with E-state index in [2.05, 4.69) is 22.9 Å². The topological polar surface area (TPSA) is 180 Å². The lowest BCUT2D eigenvalue weighted by Gasteiger charge is -2.32. The van der Waals surface area contributed by atoms with Crippen molar-refractivity contribution in [3.05, 3.63) is 0 Å². The number of hydrogen-bond donors (Lipinski definition) is 5. The minimum absolute atomic E-state index is 0.0135. The molecular weight excluding hydrogens is 606 g/mol. The predicted octanol–water partition coefficient (Wildman–Crippen LogP) is 3.69. The van der Waals surface area contributed by atoms with Crippen molar-refractivity contribution in [2.24, 2.45) is 17.8 Å². The Labute approximate surface area is 281 Å². The van der Waals surface area contributed by atoms with E-state index in [0.717, 1.165) is 26.2 Å². The van der Waals surface area contributed by atoms with E-state index in [1.807, 2.05) is 13.8 Å². The first-order chi connectivity index (χ1) is 22.2. The molecule has 1 heterocycles. The summed E-state index contributed by atoms with van der Waals surface area (Å²) in [6, 6.07) is -3.98. The molecule has 0 saturated carbocycles. The van der Waals surface area contributed by atoms with E-state index in [1.54, 1.807) is 13.8 Å². The fraction of sp³-hybridized carbons (Fsp3) is 0.857. The first-order valence-corrected chi connectivity index (χ1v) is 17.8. The molecular formula is C35H63N3O9. The Morgan fingerprint density at radius 1 is 0.809 bits per heavy atom. The lowest BCUT2D eigenvalue weighted by atomic mass is 9.86. The molecule has 1 aliphatic rings. The Morgan fingerprint density at radius 3 is 1.85 bits per heavy atom. The summed E-state index contributed by atoms with van der Waals surface area (Å²) >= 11 is 0. The van der Waals surface area contributed by atoms with Gasteiger partial charge in [0.15, 0.2) is 6.04 Å². The zero-order valence-corrected chi connectivity index (χ0v) is 29.8. The standard InChI is InChI=1S/C35H63N3O9/c1-8-9-10-11-12-13-14-15-16-17-18-19-29-23(4)31(41)24(5)32(42)36-27(20-22(2)3)33(43)38-30(25(6)39)34(44)37-28(35(45)47-29)21-46-26(7)40/h22-25,27-31,39,41H,8-21H2,1-7H3,(H,36,42)(H,37,44)(H,38,43)/t23-,24+,25+,27?,28?,29?,30-,31+/m0/s1. The molecule has 0 aromatic carbocycles. The van der Waals surface area contributed by atoms with Crippen LogP contribution in [-0.2, 0) is 33.4 Å². The van der Waals surface area contributed by atoms with Crippen LogP contribution in [0, 0.1) is 17.8 Å². The molecule has 0 radical (unpaired) electrons. The lowest BCUT2D eigenvalue weighted by molar-refractivity contribution is -0.162. The molecule has 0 spiro atoms. The third-order valence-electron chi connectivity index (χ3n) is 8.87. The largest absolute Gasteiger partial charge is 0.463 e. The number of cyclic esters (lactones) is 1. The molecule has 12 heteroatoms. The van der Waals surface area contributed by atoms with Gasteiger partial charge in [0.2, 0.25) is 17.7 Å². The normalized spacial score (nSPS) is 27.1. The number of nitrogens with one attached hydrogen (secondary N) is 3. The van der Waals surface area contributed by atoms with Crippen molar-refractivity contribution in [3.63, 3.8) is 0 Å². The van der Waals surface area contributed by atoms with E-state index < -0.39 is 84.5 Å². The van der Waals surface area contributed by atoms with Gasteiger partial charge in [-0.25, -0.2) is 4.79 Å². The average molecular weight is 670 g/mol. The third kappa shape index (κ3) is 16.3. The molecule has 1 aliphatic heterocycles. The molecule has 0 aromatic heterocycles. The monoisotopic (exact) mass is 669 g/mol. The van der Waals surface area contributed by atoms with Crippen LogP contribution in [-0.4, -0.2) is 82.9 Å². The van der Waals surface area contributed by atoms with Crippen molar-refractivity contribution in [1.29, 1.82) is 0 Å². The Kier molecular flexibility index (Phi) is 20.5. The van der Waals surface area contributed by atoms with E-state index in [1.165, 1.54) is 51.9 Å². The van der Waals surface area contributed by atoms with Gasteiger partial charge in [0.25, 0.3) is 0 Å². The van der Waals surface area contributed by atoms with Gasteiger partial charge in [0.05, 0.1) is 18.1 Å². The molecule has 5 N–H and O–H groups in total. The van der Waals surface area contributed by atoms with Crippen LogP contribution < -0.4 is 16.0 Å². The quantitative estimate of drug-likeness (QED) is 0.114. The molecule has 8 atom stereocenters. The van der Waals surface area contributed by atoms with Gasteiger partial charge in [0, 0.05) is 12.8 Å². The van der Waals surface area contributed by atoms with Gasteiger partial charge in [-0.2, -0.15) is 0 Å². The highest BCUT2D eigenvalue weighted by atomic mass is 16.6. The van der Waals surface area contributed by atoms with Crippen LogP contribution in [0.1, 0.15) is 132 Å². The van der Waals surface area contributed by atoms with Crippen molar-refractivity contribution < 1.29 is 43.7 Å². The van der Waals surface area contributed by atoms with Crippen LogP contribution in [0.15, 0.2) is 0 Å². The Balaban J connectivity index is 3.21. The van der Waals surface area contributed by atoms with Gasteiger partial charge >= 0.3 is 11.9 Å². The highest BCUT2D eigenvalue weighted by Gasteiger charge is 2.39. The van der Waals surface area contributed by atoms with Crippen LogP contribution in [0.3, 0.4) is 0 Å². The molecule has 3 amide bonds. The number of amides is 3. The van der Waals surface area contributed by atoms with E-state index >= 15 is 0 Å². The van der Waals surface area contributed by atoms with Crippen molar-refractivity contribution in [3.8, 4) is 0 Å². The SMILES string of the molecule is CCCCCCCCCCCCCC1OC(=O)C(COC(C)=O)NC(=O)[C@H]([C@@H](C)O)NC(=O)C(CC(C)C)NC(=O)[C@H](C)[C@H](O)[C@H]1C. The molecule has 0 bridgehead atoms. The number of hydrogen-bond acceptors (Lipinski definition) is 9. The van der Waals surface area contributed by atoms with Crippen LogP contribution in [0.5, 0.6) is 0 Å². The molecule has 272 valence electrons. The van der Waals surface area contributed by atoms with Gasteiger partial charge in [-0.1, -0.05) is 98.8 Å². The first kappa shape index (κ1) is 42.3. The summed E-state index contributed by atoms with van der Waals surface area (Å²) in [4.78, 5) is 65.0. The minimum atomic E-state index is -1.49. The van der Waals surface area contributed by atoms with Crippen LogP contribution >= 0.6 is 0 Å². The average Bonchev–Trinajstić information content (AvgIpc) is 3.01. The number of ether oxygens (including phenoxy) is 2. The second kappa shape index (κ2) is 22.8. The molecule has 0 aromatic rings. The van der Waals surface area contributed by atoms with E-state index in [4.69, 9.17) is 9.47 Å². The summed E-state index contributed by atoms with van der Waals surface area (Å²) in [7, 11) is 0. The van der Waals surface area contributed by atoms with Crippen molar-refractivity contribution >= 4 is 29.7 Å². The summed E-state index contributed by atoms with van der Waals surface area (Å²) in [5.74, 6) is -5.39. The highest BCUT2D eigenvalue weighted by molar-refractivity contribution is 5.94. The zero-order chi connectivity index (χ0) is 35.5. The third-order valence-corrected chi connectivity index (χ3v) is 8.87. The number of unbranched alkanes of at least 4 members (excludes halogenated alkanes) is 10. The van der Waals surface area contributed by atoms with Crippen LogP contribution in [0.4, 0.5) is 0 Å². The van der Waals surface area contributed by atoms with Gasteiger partial charge in [0.1, 0.15) is 24.8 Å². The first-order valence-electron chi connectivity index (χ1n) is 17.8. The van der Waals surface area contributed by atoms with Crippen molar-refractivity contribution in [1.82, 2.24) is 16.0 Å². The molecule has 12 nitrogen and oxygen atoms in total. The van der Waals surface area contributed by atoms with Gasteiger partial charge in [-0.15, -0.1) is 0 Å². The summed E-state index contributed by atoms with van der Waals surface area (Å²) in [5, 5.41) is 29.4. The molecule has 1 saturated heterocycles. The van der Waals surface area contributed by atoms with E-state index in [0.29, 0.717) is 12.8 Å². The summed E-state index contributed by atoms with van der Waals surface area (Å²) < 4.78 is 10.9. The Hall–Kier alpha value is -2.73. The van der Waals surface area contributed by atoms with Crippen LogP contribution in [0.2, 0.25) is 0 Å². The molecule has 1 fully saturated rings. The van der Waals surface area contributed by atoms with Gasteiger partial charge in [-0.05, 0) is 32.1 Å². The molecule has 0 aliphatic carbocycles. The number of rotatable bonds is 17. The van der Waals surface area contributed by atoms with Crippen molar-refractivity contribution in [2.45, 2.75) is 168 Å². The van der Waals surface area contributed by atoms with E-state index in [9.17, 15) is 34.2 Å². The van der Waals surface area contributed by atoms with Gasteiger partial charge < -0.3 is 35.6 Å². The fourth-order valence-corrected chi connectivity index (χ4v) is 5.80. The number of esters is 2. The number of carbonyl (C=O) groups is 5. The number of aliphatic hydroxyl groups is 2. The Morgan fingerprint density at radius 2 is 1.34 bits per heavy atom. The van der Waals surface area contributed by atoms with Crippen LogP contribution in [0.25, 0.3) is 0 Å². The lowest BCUT2D eigenvalue weighted by Crippen LogP contribution is -2.60. The maximum absolute atomic E-state index is 13.5. The number of carbonyl (C=O) groups excluding carboxylic acids is 5. The van der Waals surface area contributed by atoms with Crippen molar-refractivity contribution in [2.75, 3.05) is 6.61 Å². The van der Waals surface area contributed by atoms with E-state index in [-0.39, 0.29) is 12.3 Å². The fourth-order valence-electron chi connectivity index (χ4n) is 5.80. The smallest absolute Gasteiger partial charge is 0.332 e. The Bertz CT molecular complexity index is 974. The predicted molar refractivity (Wildman–Crippen MR) is 179 cm³/mol. The maximum Gasteiger partial charge on any atom is 0.332 e. The second-order valence-corrected chi connectivity index (χ2v) is 13.7. The highest BCUT2D eigenvalue weighted by Crippen LogP contribution is 2.25. The number of aliphatic hydroxyl groups excluding tert-OH is 2. The summed E-state index contributed by atoms with van der Waals surface area (Å²) in [6.07, 6.45) is 9.74. The summed E-state index contributed by atoms with van der Waals surface area (Å²) in [5.41, 5.74) is 0.